The van der Waals surface area contributed by atoms with Crippen molar-refractivity contribution >= 4 is 0 Å². The Labute approximate surface area is 91.3 Å². The summed E-state index contributed by atoms with van der Waals surface area (Å²) >= 11 is 0. The van der Waals surface area contributed by atoms with E-state index in [9.17, 15) is 5.11 Å². The quantitative estimate of drug-likeness (QED) is 0.739. The minimum Gasteiger partial charge on any atom is -0.508 e. The molecule has 1 rings (SSSR count). The summed E-state index contributed by atoms with van der Waals surface area (Å²) in [6.07, 6.45) is 5.29. The third-order valence-corrected chi connectivity index (χ3v) is 2.40. The molecule has 1 aromatic carbocycles. The van der Waals surface area contributed by atoms with Gasteiger partial charge >= 0.3 is 0 Å². The maximum atomic E-state index is 9.76. The normalized spacial score (nSPS) is 14.3. The number of phenols is 1. The van der Waals surface area contributed by atoms with Crippen molar-refractivity contribution in [2.24, 2.45) is 0 Å². The van der Waals surface area contributed by atoms with Gasteiger partial charge in [0.25, 0.3) is 0 Å². The molecule has 0 aliphatic heterocycles. The first kappa shape index (κ1) is 11.6. The second kappa shape index (κ2) is 4.86. The van der Waals surface area contributed by atoms with Gasteiger partial charge in [0.1, 0.15) is 5.75 Å². The van der Waals surface area contributed by atoms with Crippen LogP contribution in [0, 0.1) is 19.3 Å². The van der Waals surface area contributed by atoms with Gasteiger partial charge in [-0.15, -0.1) is 6.42 Å². The Kier molecular flexibility index (Phi) is 3.76. The number of rotatable bonds is 3. The Morgan fingerprint density at radius 3 is 2.60 bits per heavy atom. The average Bonchev–Trinajstić information content (AvgIpc) is 2.17. The minimum absolute atomic E-state index is 0.000651. The lowest BCUT2D eigenvalue weighted by atomic mass is 10.0. The molecule has 2 heteroatoms. The highest BCUT2D eigenvalue weighted by molar-refractivity contribution is 5.37. The second-order valence-corrected chi connectivity index (χ2v) is 3.84. The lowest BCUT2D eigenvalue weighted by Crippen LogP contribution is -2.27. The van der Waals surface area contributed by atoms with Gasteiger partial charge in [-0.25, -0.2) is 0 Å². The van der Waals surface area contributed by atoms with Gasteiger partial charge in [-0.05, 0) is 32.4 Å². The fraction of sp³-hybridized carbons (Fsp3) is 0.385. The van der Waals surface area contributed by atoms with Crippen LogP contribution >= 0.6 is 0 Å². The number of hydrogen-bond donors (Lipinski definition) is 2. The van der Waals surface area contributed by atoms with Gasteiger partial charge in [0, 0.05) is 11.6 Å². The number of terminal acetylenes is 1. The number of nitrogens with one attached hydrogen (secondary N) is 1. The molecular weight excluding hydrogens is 186 g/mol. The summed E-state index contributed by atoms with van der Waals surface area (Å²) in [4.78, 5) is 0. The van der Waals surface area contributed by atoms with Crippen LogP contribution < -0.4 is 5.32 Å². The standard InChI is InChI=1S/C13H17NO/c1-5-10(3)14-11(4)12-7-6-9(2)8-13(12)15/h1,6-8,10-11,14-15H,2-4H3. The Morgan fingerprint density at radius 1 is 1.40 bits per heavy atom. The fourth-order valence-electron chi connectivity index (χ4n) is 1.53. The third-order valence-electron chi connectivity index (χ3n) is 2.40. The first-order chi connectivity index (χ1) is 7.04. The third kappa shape index (κ3) is 3.00. The summed E-state index contributed by atoms with van der Waals surface area (Å²) in [6, 6.07) is 5.71. The lowest BCUT2D eigenvalue weighted by molar-refractivity contribution is 0.449. The molecule has 2 nitrogen and oxygen atoms in total. The van der Waals surface area contributed by atoms with E-state index in [4.69, 9.17) is 6.42 Å². The van der Waals surface area contributed by atoms with Crippen molar-refractivity contribution in [1.29, 1.82) is 0 Å². The molecule has 80 valence electrons. The van der Waals surface area contributed by atoms with Crippen LogP contribution in [-0.2, 0) is 0 Å². The Bertz CT molecular complexity index is 379. The fourth-order valence-corrected chi connectivity index (χ4v) is 1.53. The van der Waals surface area contributed by atoms with Crippen LogP contribution in [-0.4, -0.2) is 11.1 Å². The number of phenolic OH excluding ortho intramolecular Hbond substituents is 1. The summed E-state index contributed by atoms with van der Waals surface area (Å²) in [5.74, 6) is 2.92. The lowest BCUT2D eigenvalue weighted by Gasteiger charge is -2.17. The molecule has 0 amide bonds. The van der Waals surface area contributed by atoms with Crippen LogP contribution in [0.4, 0.5) is 0 Å². The summed E-state index contributed by atoms with van der Waals surface area (Å²) in [6.45, 7) is 5.85. The molecule has 0 radical (unpaired) electrons. The van der Waals surface area contributed by atoms with Crippen molar-refractivity contribution in [2.75, 3.05) is 0 Å². The average molecular weight is 203 g/mol. The zero-order valence-electron chi connectivity index (χ0n) is 9.41. The van der Waals surface area contributed by atoms with Crippen LogP contribution in [0.1, 0.15) is 31.0 Å². The van der Waals surface area contributed by atoms with Crippen LogP contribution in [0.5, 0.6) is 5.75 Å². The van der Waals surface area contributed by atoms with Crippen molar-refractivity contribution < 1.29 is 5.11 Å². The predicted molar refractivity (Wildman–Crippen MR) is 62.7 cm³/mol. The van der Waals surface area contributed by atoms with Gasteiger partial charge < -0.3 is 5.11 Å². The van der Waals surface area contributed by atoms with Crippen LogP contribution in [0.15, 0.2) is 18.2 Å². The molecule has 0 aliphatic rings. The molecule has 0 bridgehead atoms. The zero-order chi connectivity index (χ0) is 11.4. The molecule has 15 heavy (non-hydrogen) atoms. The largest absolute Gasteiger partial charge is 0.508 e. The van der Waals surface area contributed by atoms with E-state index >= 15 is 0 Å². The van der Waals surface area contributed by atoms with Crippen LogP contribution in [0.3, 0.4) is 0 Å². The van der Waals surface area contributed by atoms with Gasteiger partial charge in [-0.1, -0.05) is 18.1 Å². The first-order valence-corrected chi connectivity index (χ1v) is 5.06. The highest BCUT2D eigenvalue weighted by Crippen LogP contribution is 2.25. The molecule has 0 saturated heterocycles. The molecule has 0 aliphatic carbocycles. The topological polar surface area (TPSA) is 32.3 Å². The first-order valence-electron chi connectivity index (χ1n) is 5.06. The maximum absolute atomic E-state index is 9.76. The van der Waals surface area contributed by atoms with E-state index in [0.717, 1.165) is 11.1 Å². The van der Waals surface area contributed by atoms with E-state index in [1.165, 1.54) is 0 Å². The number of aromatic hydroxyl groups is 1. The van der Waals surface area contributed by atoms with E-state index < -0.39 is 0 Å². The summed E-state index contributed by atoms with van der Waals surface area (Å²) < 4.78 is 0. The molecule has 0 heterocycles. The van der Waals surface area contributed by atoms with Gasteiger partial charge in [0.05, 0.1) is 6.04 Å². The Morgan fingerprint density at radius 2 is 2.07 bits per heavy atom. The maximum Gasteiger partial charge on any atom is 0.120 e. The Hall–Kier alpha value is -1.46. The summed E-state index contributed by atoms with van der Waals surface area (Å²) in [5.41, 5.74) is 1.93. The van der Waals surface area contributed by atoms with E-state index in [-0.39, 0.29) is 12.1 Å². The molecule has 0 spiro atoms. The van der Waals surface area contributed by atoms with E-state index in [0.29, 0.717) is 5.75 Å². The van der Waals surface area contributed by atoms with Crippen molar-refractivity contribution in [3.8, 4) is 18.1 Å². The van der Waals surface area contributed by atoms with E-state index in [1.54, 1.807) is 6.07 Å². The highest BCUT2D eigenvalue weighted by atomic mass is 16.3. The van der Waals surface area contributed by atoms with Crippen molar-refractivity contribution in [3.63, 3.8) is 0 Å². The number of hydrogen-bond acceptors (Lipinski definition) is 2. The smallest absolute Gasteiger partial charge is 0.120 e. The molecule has 2 N–H and O–H groups in total. The number of benzene rings is 1. The van der Waals surface area contributed by atoms with Gasteiger partial charge in [0.2, 0.25) is 0 Å². The highest BCUT2D eigenvalue weighted by Gasteiger charge is 2.11. The van der Waals surface area contributed by atoms with Crippen molar-refractivity contribution in [2.45, 2.75) is 32.9 Å². The Balaban J connectivity index is 2.83. The second-order valence-electron chi connectivity index (χ2n) is 3.84. The van der Waals surface area contributed by atoms with Gasteiger partial charge in [-0.3, -0.25) is 5.32 Å². The minimum atomic E-state index is 0.000651. The molecule has 2 unspecified atom stereocenters. The predicted octanol–water partition coefficient (Wildman–Crippen LogP) is 2.37. The summed E-state index contributed by atoms with van der Waals surface area (Å²) in [5, 5.41) is 13.0. The SMILES string of the molecule is C#CC(C)NC(C)c1ccc(C)cc1O. The molecule has 0 aromatic heterocycles. The molecule has 0 fully saturated rings. The molecule has 2 atom stereocenters. The number of aryl methyl sites for hydroxylation is 1. The molecular formula is C13H17NO. The van der Waals surface area contributed by atoms with Gasteiger partial charge in [-0.2, -0.15) is 0 Å². The van der Waals surface area contributed by atoms with Crippen molar-refractivity contribution in [3.05, 3.63) is 29.3 Å². The monoisotopic (exact) mass is 203 g/mol. The van der Waals surface area contributed by atoms with Crippen molar-refractivity contribution in [1.82, 2.24) is 5.32 Å². The molecule has 0 saturated carbocycles. The van der Waals surface area contributed by atoms with E-state index in [1.807, 2.05) is 32.9 Å². The summed E-state index contributed by atoms with van der Waals surface area (Å²) in [7, 11) is 0. The van der Waals surface area contributed by atoms with Crippen LogP contribution in [0.2, 0.25) is 0 Å². The zero-order valence-corrected chi connectivity index (χ0v) is 9.41. The van der Waals surface area contributed by atoms with Crippen LogP contribution in [0.25, 0.3) is 0 Å². The van der Waals surface area contributed by atoms with E-state index in [2.05, 4.69) is 11.2 Å². The van der Waals surface area contributed by atoms with Gasteiger partial charge in [0.15, 0.2) is 0 Å². The molecule has 1 aromatic rings.